The number of ether oxygens (including phenoxy) is 3. The molecule has 0 spiro atoms. The van der Waals surface area contributed by atoms with Gasteiger partial charge < -0.3 is 24.4 Å². The lowest BCUT2D eigenvalue weighted by Crippen LogP contribution is -2.37. The number of amides is 2. The second-order valence-corrected chi connectivity index (χ2v) is 6.35. The number of carbonyl (C=O) groups excluding carboxylic acids is 2. The van der Waals surface area contributed by atoms with Gasteiger partial charge in [-0.2, -0.15) is 5.26 Å². The van der Waals surface area contributed by atoms with Crippen LogP contribution < -0.4 is 19.5 Å². The van der Waals surface area contributed by atoms with Gasteiger partial charge >= 0.3 is 0 Å². The van der Waals surface area contributed by atoms with E-state index in [-0.39, 0.29) is 13.2 Å². The molecule has 0 aliphatic rings. The van der Waals surface area contributed by atoms with Crippen LogP contribution in [0.2, 0.25) is 5.02 Å². The molecule has 9 heteroatoms. The minimum atomic E-state index is -0.419. The molecule has 0 aliphatic carbocycles. The van der Waals surface area contributed by atoms with Crippen molar-refractivity contribution in [2.75, 3.05) is 39.7 Å². The van der Waals surface area contributed by atoms with Gasteiger partial charge in [0.25, 0.3) is 5.91 Å². The van der Waals surface area contributed by atoms with Gasteiger partial charge in [0.2, 0.25) is 5.91 Å². The molecule has 2 aromatic carbocycles. The lowest BCUT2D eigenvalue weighted by molar-refractivity contribution is -0.135. The van der Waals surface area contributed by atoms with Crippen molar-refractivity contribution >= 4 is 29.1 Å². The van der Waals surface area contributed by atoms with Gasteiger partial charge in [-0.3, -0.25) is 9.59 Å². The SMILES string of the molecule is COc1ccc(Cl)cc1NC(=O)CN(C)C(=O)COc1ccc(C#N)cc1OC. The summed E-state index contributed by atoms with van der Waals surface area (Å²) < 4.78 is 15.8. The van der Waals surface area contributed by atoms with Crippen molar-refractivity contribution in [2.45, 2.75) is 0 Å². The number of anilines is 1. The Bertz CT molecular complexity index is 942. The normalized spacial score (nSPS) is 9.90. The quantitative estimate of drug-likeness (QED) is 0.708. The van der Waals surface area contributed by atoms with Crippen LogP contribution >= 0.6 is 11.6 Å². The number of nitriles is 1. The average Bonchev–Trinajstić information content (AvgIpc) is 2.71. The van der Waals surface area contributed by atoms with E-state index in [1.54, 1.807) is 30.3 Å². The van der Waals surface area contributed by atoms with Crippen molar-refractivity contribution < 1.29 is 23.8 Å². The largest absolute Gasteiger partial charge is 0.495 e. The third-order valence-corrected chi connectivity index (χ3v) is 4.12. The summed E-state index contributed by atoms with van der Waals surface area (Å²) in [6, 6.07) is 11.4. The third-order valence-electron chi connectivity index (χ3n) is 3.89. The summed E-state index contributed by atoms with van der Waals surface area (Å²) in [6.45, 7) is -0.491. The number of likely N-dealkylation sites (N-methyl/N-ethyl adjacent to an activating group) is 1. The van der Waals surface area contributed by atoms with Crippen LogP contribution in [-0.4, -0.2) is 51.1 Å². The van der Waals surface area contributed by atoms with Crippen LogP contribution in [0.25, 0.3) is 0 Å². The van der Waals surface area contributed by atoms with Crippen molar-refractivity contribution in [1.29, 1.82) is 5.26 Å². The van der Waals surface area contributed by atoms with Gasteiger partial charge in [0, 0.05) is 18.1 Å². The van der Waals surface area contributed by atoms with Crippen molar-refractivity contribution in [1.82, 2.24) is 4.90 Å². The molecular formula is C20H20ClN3O5. The molecule has 1 N–H and O–H groups in total. The van der Waals surface area contributed by atoms with Crippen LogP contribution in [0.1, 0.15) is 5.56 Å². The van der Waals surface area contributed by atoms with Crippen LogP contribution in [0.4, 0.5) is 5.69 Å². The highest BCUT2D eigenvalue weighted by molar-refractivity contribution is 6.31. The van der Waals surface area contributed by atoms with Crippen molar-refractivity contribution in [3.63, 3.8) is 0 Å². The molecule has 2 amide bonds. The van der Waals surface area contributed by atoms with Crippen molar-refractivity contribution in [3.05, 3.63) is 47.0 Å². The maximum Gasteiger partial charge on any atom is 0.260 e. The number of rotatable bonds is 8. The first-order valence-electron chi connectivity index (χ1n) is 8.46. The summed E-state index contributed by atoms with van der Waals surface area (Å²) in [5.74, 6) is 0.279. The number of nitrogens with zero attached hydrogens (tertiary/aromatic N) is 2. The highest BCUT2D eigenvalue weighted by atomic mass is 35.5. The van der Waals surface area contributed by atoms with Gasteiger partial charge in [-0.15, -0.1) is 0 Å². The number of hydrogen-bond donors (Lipinski definition) is 1. The van der Waals surface area contributed by atoms with Crippen molar-refractivity contribution in [2.24, 2.45) is 0 Å². The minimum absolute atomic E-state index is 0.192. The molecule has 2 rings (SSSR count). The first-order valence-corrected chi connectivity index (χ1v) is 8.84. The van der Waals surface area contributed by atoms with Crippen molar-refractivity contribution in [3.8, 4) is 23.3 Å². The zero-order valence-corrected chi connectivity index (χ0v) is 16.9. The molecule has 0 aromatic heterocycles. The maximum atomic E-state index is 12.3. The average molecular weight is 418 g/mol. The van der Waals surface area contributed by atoms with E-state index in [4.69, 9.17) is 31.1 Å². The Hall–Kier alpha value is -3.44. The molecule has 152 valence electrons. The Morgan fingerprint density at radius 3 is 2.45 bits per heavy atom. The molecule has 0 saturated carbocycles. The summed E-state index contributed by atoms with van der Waals surface area (Å²) in [6.07, 6.45) is 0. The predicted octanol–water partition coefficient (Wildman–Crippen LogP) is 2.70. The third kappa shape index (κ3) is 6.02. The monoisotopic (exact) mass is 417 g/mol. The van der Waals surface area contributed by atoms with Crippen LogP contribution in [0.15, 0.2) is 36.4 Å². The molecule has 0 heterocycles. The second kappa shape index (κ2) is 10.2. The number of halogens is 1. The van der Waals surface area contributed by atoms with Gasteiger partial charge in [-0.1, -0.05) is 11.6 Å². The van der Waals surface area contributed by atoms with Crippen LogP contribution in [0.5, 0.6) is 17.2 Å². The minimum Gasteiger partial charge on any atom is -0.495 e. The molecule has 0 atom stereocenters. The van der Waals surface area contributed by atoms with E-state index in [1.807, 2.05) is 6.07 Å². The molecule has 0 aliphatic heterocycles. The fourth-order valence-corrected chi connectivity index (χ4v) is 2.55. The van der Waals surface area contributed by atoms with Crippen LogP contribution in [-0.2, 0) is 9.59 Å². The smallest absolute Gasteiger partial charge is 0.260 e. The maximum absolute atomic E-state index is 12.3. The zero-order valence-electron chi connectivity index (χ0n) is 16.2. The molecule has 8 nitrogen and oxygen atoms in total. The Morgan fingerprint density at radius 2 is 1.79 bits per heavy atom. The highest BCUT2D eigenvalue weighted by Gasteiger charge is 2.16. The van der Waals surface area contributed by atoms with Crippen LogP contribution in [0.3, 0.4) is 0 Å². The van der Waals surface area contributed by atoms with E-state index in [0.29, 0.717) is 33.5 Å². The lowest BCUT2D eigenvalue weighted by Gasteiger charge is -2.18. The van der Waals surface area contributed by atoms with Gasteiger partial charge in [0.1, 0.15) is 5.75 Å². The van der Waals surface area contributed by atoms with Gasteiger partial charge in [0.15, 0.2) is 18.1 Å². The molecule has 0 bridgehead atoms. The van der Waals surface area contributed by atoms with E-state index >= 15 is 0 Å². The summed E-state index contributed by atoms with van der Waals surface area (Å²) in [7, 11) is 4.39. The lowest BCUT2D eigenvalue weighted by atomic mass is 10.2. The summed E-state index contributed by atoms with van der Waals surface area (Å²) in [5, 5.41) is 12.0. The Kier molecular flexibility index (Phi) is 7.69. The topological polar surface area (TPSA) is 101 Å². The van der Waals surface area contributed by atoms with E-state index in [0.717, 1.165) is 0 Å². The molecule has 29 heavy (non-hydrogen) atoms. The summed E-state index contributed by atoms with van der Waals surface area (Å²) in [5.41, 5.74) is 0.815. The van der Waals surface area contributed by atoms with E-state index in [9.17, 15) is 9.59 Å². The fraction of sp³-hybridized carbons (Fsp3) is 0.250. The summed E-state index contributed by atoms with van der Waals surface area (Å²) in [4.78, 5) is 25.8. The molecule has 0 radical (unpaired) electrons. The number of carbonyl (C=O) groups is 2. The standard InChI is InChI=1S/C20H20ClN3O5/c1-24(11-19(25)23-15-9-14(21)5-7-16(15)27-2)20(26)12-29-17-6-4-13(10-22)8-18(17)28-3/h4-9H,11-12H2,1-3H3,(H,23,25). The summed E-state index contributed by atoms with van der Waals surface area (Å²) >= 11 is 5.94. The number of nitrogens with one attached hydrogen (secondary N) is 1. The van der Waals surface area contributed by atoms with E-state index in [2.05, 4.69) is 5.32 Å². The van der Waals surface area contributed by atoms with Gasteiger partial charge in [0.05, 0.1) is 38.1 Å². The zero-order chi connectivity index (χ0) is 21.4. The molecule has 0 unspecified atom stereocenters. The molecular weight excluding hydrogens is 398 g/mol. The molecule has 2 aromatic rings. The number of methoxy groups -OCH3 is 2. The fourth-order valence-electron chi connectivity index (χ4n) is 2.38. The van der Waals surface area contributed by atoms with Gasteiger partial charge in [-0.25, -0.2) is 0 Å². The van der Waals surface area contributed by atoms with E-state index in [1.165, 1.54) is 32.2 Å². The number of hydrogen-bond acceptors (Lipinski definition) is 6. The Labute approximate surface area is 173 Å². The van der Waals surface area contributed by atoms with Gasteiger partial charge in [-0.05, 0) is 30.3 Å². The first kappa shape index (κ1) is 21.9. The molecule has 0 fully saturated rings. The second-order valence-electron chi connectivity index (χ2n) is 5.91. The predicted molar refractivity (Wildman–Crippen MR) is 107 cm³/mol. The van der Waals surface area contributed by atoms with E-state index < -0.39 is 11.8 Å². The molecule has 0 saturated heterocycles. The Balaban J connectivity index is 1.93. The van der Waals surface area contributed by atoms with Crippen LogP contribution in [0, 0.1) is 11.3 Å². The first-order chi connectivity index (χ1) is 13.9. The highest BCUT2D eigenvalue weighted by Crippen LogP contribution is 2.28. The number of benzene rings is 2. The Morgan fingerprint density at radius 1 is 1.10 bits per heavy atom.